The number of aliphatic hydroxyl groups is 1. The monoisotopic (exact) mass is 282 g/mol. The van der Waals surface area contributed by atoms with Crippen molar-refractivity contribution in [3.05, 3.63) is 0 Å². The molecule has 0 saturated heterocycles. The van der Waals surface area contributed by atoms with Gasteiger partial charge in [0.1, 0.15) is 0 Å². The van der Waals surface area contributed by atoms with Crippen LogP contribution < -0.4 is 5.48 Å². The quantitative estimate of drug-likeness (QED) is 0.575. The fourth-order valence-corrected chi connectivity index (χ4v) is 0.324. The zero-order chi connectivity index (χ0) is 9.99. The minimum atomic E-state index is -1.45. The van der Waals surface area contributed by atoms with Crippen LogP contribution in [0.5, 0.6) is 0 Å². The van der Waals surface area contributed by atoms with Crippen LogP contribution in [0.15, 0.2) is 0 Å². The molecule has 0 rings (SSSR count). The Kier molecular flexibility index (Phi) is 6.14. The number of hydrogen-bond donors (Lipinski definition) is 2. The van der Waals surface area contributed by atoms with E-state index in [2.05, 4.69) is 10.3 Å². The molecule has 0 saturated carbocycles. The van der Waals surface area contributed by atoms with Crippen LogP contribution in [-0.4, -0.2) is 22.2 Å². The molecule has 0 aliphatic rings. The van der Waals surface area contributed by atoms with Crippen LogP contribution >= 0.6 is 0 Å². The molecule has 0 aromatic rings. The summed E-state index contributed by atoms with van der Waals surface area (Å²) in [5, 5.41) is 9.17. The molecule has 83 valence electrons. The number of nitrogens with one attached hydrogen (secondary N) is 1. The summed E-state index contributed by atoms with van der Waals surface area (Å²) in [4.78, 5) is 15.6. The van der Waals surface area contributed by atoms with E-state index in [4.69, 9.17) is 5.11 Å². The number of hydroxylamine groups is 1. The second-order valence-electron chi connectivity index (χ2n) is 4.30. The Balaban J connectivity index is 0. The first-order valence-corrected chi connectivity index (χ1v) is 3.84. The largest absolute Gasteiger partial charge is 0.379 e. The maximum absolute atomic E-state index is 11.0. The van der Waals surface area contributed by atoms with Crippen molar-refractivity contribution in [2.24, 2.45) is 0 Å². The number of hydrogen-bond acceptors (Lipinski definition) is 4. The summed E-state index contributed by atoms with van der Waals surface area (Å²) in [5.74, 6) is -0.683. The van der Waals surface area contributed by atoms with E-state index in [0.717, 1.165) is 0 Å². The average Bonchev–Trinajstić information content (AvgIpc) is 1.78. The third-order valence-electron chi connectivity index (χ3n) is 0.949. The number of carbonyl (C=O) groups excluding carboxylic acids is 1. The fourth-order valence-electron chi connectivity index (χ4n) is 0.324. The van der Waals surface area contributed by atoms with Crippen molar-refractivity contribution in [1.29, 1.82) is 0 Å². The van der Waals surface area contributed by atoms with Crippen molar-refractivity contribution in [3.8, 4) is 0 Å². The Labute approximate surface area is 94.5 Å². The molecule has 0 amide bonds. The zero-order valence-corrected chi connectivity index (χ0v) is 10.0. The Morgan fingerprint density at radius 3 is 1.85 bits per heavy atom. The molecule has 13 heavy (non-hydrogen) atoms. The van der Waals surface area contributed by atoms with Gasteiger partial charge in [-0.05, 0) is 34.6 Å². The van der Waals surface area contributed by atoms with Gasteiger partial charge in [0.25, 0.3) is 0 Å². The van der Waals surface area contributed by atoms with E-state index in [0.29, 0.717) is 0 Å². The van der Waals surface area contributed by atoms with Crippen molar-refractivity contribution in [2.75, 3.05) is 0 Å². The molecule has 2 N–H and O–H groups in total. The molecule has 0 aromatic heterocycles. The number of carbonyl (C=O) groups is 1. The van der Waals surface area contributed by atoms with E-state index in [-0.39, 0.29) is 27.9 Å². The van der Waals surface area contributed by atoms with Crippen molar-refractivity contribution < 1.29 is 37.1 Å². The minimum Gasteiger partial charge on any atom is -0.379 e. The predicted molar refractivity (Wildman–Crippen MR) is 45.3 cm³/mol. The second kappa shape index (κ2) is 5.12. The van der Waals surface area contributed by atoms with Gasteiger partial charge in [-0.2, -0.15) is 0 Å². The number of rotatable bonds is 2. The van der Waals surface area contributed by atoms with Gasteiger partial charge >= 0.3 is 5.97 Å². The van der Waals surface area contributed by atoms with Crippen molar-refractivity contribution >= 4 is 5.97 Å². The van der Waals surface area contributed by atoms with Gasteiger partial charge in [-0.3, -0.25) is 0 Å². The van der Waals surface area contributed by atoms with Crippen LogP contribution in [0.4, 0.5) is 0 Å². The summed E-state index contributed by atoms with van der Waals surface area (Å²) in [6, 6.07) is 0. The maximum atomic E-state index is 11.0. The molecule has 0 aromatic carbocycles. The molecule has 5 heteroatoms. The smallest absolute Gasteiger partial charge is 0.356 e. The molecule has 0 fully saturated rings. The topological polar surface area (TPSA) is 58.6 Å². The van der Waals surface area contributed by atoms with E-state index >= 15 is 0 Å². The van der Waals surface area contributed by atoms with E-state index in [1.54, 1.807) is 0 Å². The average molecular weight is 283 g/mol. The second-order valence-corrected chi connectivity index (χ2v) is 4.30. The first kappa shape index (κ1) is 15.6. The Morgan fingerprint density at radius 1 is 1.23 bits per heavy atom. The summed E-state index contributed by atoms with van der Waals surface area (Å²) in [5.41, 5.74) is 0.768. The molecule has 4 nitrogen and oxygen atoms in total. The van der Waals surface area contributed by atoms with Crippen LogP contribution in [0.2, 0.25) is 0 Å². The van der Waals surface area contributed by atoms with Gasteiger partial charge in [0.15, 0.2) is 5.60 Å². The molecule has 0 aliphatic carbocycles. The van der Waals surface area contributed by atoms with Crippen molar-refractivity contribution in [1.82, 2.24) is 5.48 Å². The third-order valence-corrected chi connectivity index (χ3v) is 0.949. The molecule has 0 bridgehead atoms. The molecule has 0 heterocycles. The third kappa shape index (κ3) is 8.46. The van der Waals surface area contributed by atoms with Gasteiger partial charge in [-0.1, -0.05) is 0 Å². The molecule has 0 spiro atoms. The molecule has 0 atom stereocenters. The fraction of sp³-hybridized carbons (Fsp3) is 0.875. The van der Waals surface area contributed by atoms with Gasteiger partial charge in [-0.25, -0.2) is 4.79 Å². The summed E-state index contributed by atoms with van der Waals surface area (Å²) < 4.78 is 0. The van der Waals surface area contributed by atoms with Gasteiger partial charge in [0.05, 0.1) is 0 Å². The molecule has 0 unspecified atom stereocenters. The van der Waals surface area contributed by atoms with Crippen LogP contribution in [0.1, 0.15) is 34.6 Å². The Bertz CT molecular complexity index is 169. The van der Waals surface area contributed by atoms with Gasteiger partial charge < -0.3 is 9.94 Å². The van der Waals surface area contributed by atoms with E-state index in [9.17, 15) is 4.79 Å². The summed E-state index contributed by atoms with van der Waals surface area (Å²) >= 11 is 0. The van der Waals surface area contributed by atoms with Crippen molar-refractivity contribution in [3.63, 3.8) is 0 Å². The Morgan fingerprint density at radius 2 is 1.62 bits per heavy atom. The molecule has 1 radical (unpaired) electrons. The van der Waals surface area contributed by atoms with Crippen LogP contribution in [0.3, 0.4) is 0 Å². The summed E-state index contributed by atoms with van der Waals surface area (Å²) in [6.45, 7) is 8.30. The molecular formula is C8H17AgNO3. The predicted octanol–water partition coefficient (Wildman–Crippen LogP) is 0.601. The summed E-state index contributed by atoms with van der Waals surface area (Å²) in [6.07, 6.45) is 0. The maximum Gasteiger partial charge on any atom is 0.356 e. The van der Waals surface area contributed by atoms with E-state index in [1.807, 2.05) is 20.8 Å². The van der Waals surface area contributed by atoms with Crippen molar-refractivity contribution in [2.45, 2.75) is 45.8 Å². The molecular weight excluding hydrogens is 266 g/mol. The minimum absolute atomic E-state index is 0. The van der Waals surface area contributed by atoms with Crippen LogP contribution in [0.25, 0.3) is 0 Å². The first-order chi connectivity index (χ1) is 5.13. The van der Waals surface area contributed by atoms with Crippen LogP contribution in [0, 0.1) is 0 Å². The van der Waals surface area contributed by atoms with Gasteiger partial charge in [0, 0.05) is 27.9 Å². The van der Waals surface area contributed by atoms with E-state index < -0.39 is 11.6 Å². The Hall–Kier alpha value is 0.130. The van der Waals surface area contributed by atoms with Crippen LogP contribution in [-0.2, 0) is 32.0 Å². The standard InChI is InChI=1S/C8H17NO3.Ag/c1-7(2,3)9-12-6(10)8(4,5)11;/h9,11H,1-5H3;. The van der Waals surface area contributed by atoms with E-state index in [1.165, 1.54) is 13.8 Å². The summed E-state index contributed by atoms with van der Waals surface area (Å²) in [7, 11) is 0. The zero-order valence-electron chi connectivity index (χ0n) is 8.57. The van der Waals surface area contributed by atoms with Gasteiger partial charge in [0.2, 0.25) is 0 Å². The SMILES string of the molecule is CC(C)(C)NOC(=O)C(C)(C)O.[Ag]. The first-order valence-electron chi connectivity index (χ1n) is 3.84. The van der Waals surface area contributed by atoms with Gasteiger partial charge in [-0.15, -0.1) is 5.48 Å². The molecule has 0 aliphatic heterocycles. The normalized spacial score (nSPS) is 11.8.